The molecule has 2 aliphatic heterocycles. The second-order valence-electron chi connectivity index (χ2n) is 9.10. The molecular weight excluding hydrogens is 456 g/mol. The maximum Gasteiger partial charge on any atom is 0.332 e. The van der Waals surface area contributed by atoms with Gasteiger partial charge >= 0.3 is 5.69 Å². The predicted molar refractivity (Wildman–Crippen MR) is 135 cm³/mol. The van der Waals surface area contributed by atoms with Gasteiger partial charge in [0, 0.05) is 89.1 Å². The molecule has 3 heterocycles. The van der Waals surface area contributed by atoms with Gasteiger partial charge in [-0.25, -0.2) is 4.79 Å². The Morgan fingerprint density at radius 2 is 1.68 bits per heavy atom. The van der Waals surface area contributed by atoms with Gasteiger partial charge in [0.2, 0.25) is 5.91 Å². The Hall–Kier alpha value is -2.78. The van der Waals surface area contributed by atoms with Gasteiger partial charge in [-0.1, -0.05) is 17.7 Å². The third-order valence-electron chi connectivity index (χ3n) is 6.96. The lowest BCUT2D eigenvalue weighted by Crippen LogP contribution is -2.49. The SMILES string of the molecule is Cn1c(N2CCC(C(=O)NCCN3CCN(c4cccc(Cl)c4)CC3)CC2)cc(=O)n(C)c1=O. The molecule has 1 aromatic heterocycles. The van der Waals surface area contributed by atoms with Crippen molar-refractivity contribution < 1.29 is 4.79 Å². The van der Waals surface area contributed by atoms with Gasteiger partial charge in [0.1, 0.15) is 5.82 Å². The van der Waals surface area contributed by atoms with E-state index in [1.165, 1.54) is 17.7 Å². The maximum atomic E-state index is 12.7. The van der Waals surface area contributed by atoms with Crippen LogP contribution in [0.1, 0.15) is 12.8 Å². The number of rotatable bonds is 6. The number of carbonyl (C=O) groups excluding carboxylic acids is 1. The van der Waals surface area contributed by atoms with Crippen LogP contribution in [0.15, 0.2) is 39.9 Å². The van der Waals surface area contributed by atoms with Crippen molar-refractivity contribution >= 4 is 29.0 Å². The van der Waals surface area contributed by atoms with Gasteiger partial charge in [0.25, 0.3) is 5.56 Å². The molecule has 9 nitrogen and oxygen atoms in total. The molecule has 0 spiro atoms. The minimum Gasteiger partial charge on any atom is -0.369 e. The standard InChI is InChI=1S/C24H33ClN6O3/c1-27-21(17-22(32)28(2)24(27)34)31-9-6-18(7-10-31)23(33)26-8-11-29-12-14-30(15-13-29)20-5-3-4-19(25)16-20/h3-5,16-18H,6-15H2,1-2H3,(H,26,33). The highest BCUT2D eigenvalue weighted by Gasteiger charge is 2.26. The molecule has 0 unspecified atom stereocenters. The first-order valence-electron chi connectivity index (χ1n) is 11.9. The fraction of sp³-hybridized carbons (Fsp3) is 0.542. The largest absolute Gasteiger partial charge is 0.369 e. The molecule has 1 aromatic carbocycles. The molecule has 2 saturated heterocycles. The second-order valence-corrected chi connectivity index (χ2v) is 9.54. The van der Waals surface area contributed by atoms with Crippen molar-refractivity contribution in [1.82, 2.24) is 19.4 Å². The molecule has 0 aliphatic carbocycles. The molecule has 34 heavy (non-hydrogen) atoms. The number of aromatic nitrogens is 2. The van der Waals surface area contributed by atoms with Crippen LogP contribution in [-0.2, 0) is 18.9 Å². The zero-order valence-corrected chi connectivity index (χ0v) is 20.6. The minimum absolute atomic E-state index is 0.0421. The van der Waals surface area contributed by atoms with E-state index >= 15 is 0 Å². The van der Waals surface area contributed by atoms with Gasteiger partial charge in [-0.15, -0.1) is 0 Å². The van der Waals surface area contributed by atoms with E-state index in [1.807, 2.05) is 23.1 Å². The molecule has 2 aromatic rings. The molecule has 184 valence electrons. The third kappa shape index (κ3) is 5.47. The number of amides is 1. The molecule has 0 saturated carbocycles. The number of piperazine rings is 1. The molecule has 0 atom stereocenters. The van der Waals surface area contributed by atoms with E-state index in [4.69, 9.17) is 11.6 Å². The summed E-state index contributed by atoms with van der Waals surface area (Å²) >= 11 is 6.11. The van der Waals surface area contributed by atoms with Crippen molar-refractivity contribution in [3.63, 3.8) is 0 Å². The summed E-state index contributed by atoms with van der Waals surface area (Å²) in [6.07, 6.45) is 1.40. The predicted octanol–water partition coefficient (Wildman–Crippen LogP) is 0.892. The Kier molecular flexibility index (Phi) is 7.63. The zero-order valence-electron chi connectivity index (χ0n) is 19.9. The number of hydrogen-bond acceptors (Lipinski definition) is 6. The average molecular weight is 489 g/mol. The highest BCUT2D eigenvalue weighted by Crippen LogP contribution is 2.22. The molecule has 0 radical (unpaired) electrons. The van der Waals surface area contributed by atoms with E-state index in [0.29, 0.717) is 38.3 Å². The Morgan fingerprint density at radius 3 is 2.35 bits per heavy atom. The quantitative estimate of drug-likeness (QED) is 0.650. The van der Waals surface area contributed by atoms with Crippen molar-refractivity contribution in [2.75, 3.05) is 62.2 Å². The van der Waals surface area contributed by atoms with Gasteiger partial charge in [-0.05, 0) is 31.0 Å². The van der Waals surface area contributed by atoms with E-state index in [1.54, 1.807) is 7.05 Å². The second kappa shape index (κ2) is 10.7. The summed E-state index contributed by atoms with van der Waals surface area (Å²) < 4.78 is 2.59. The summed E-state index contributed by atoms with van der Waals surface area (Å²) in [4.78, 5) is 43.7. The van der Waals surface area contributed by atoms with Crippen molar-refractivity contribution in [2.24, 2.45) is 20.0 Å². The van der Waals surface area contributed by atoms with E-state index in [9.17, 15) is 14.4 Å². The molecule has 2 fully saturated rings. The Balaban J connectivity index is 1.19. The lowest BCUT2D eigenvalue weighted by atomic mass is 9.96. The fourth-order valence-electron chi connectivity index (χ4n) is 4.78. The summed E-state index contributed by atoms with van der Waals surface area (Å²) in [5, 5.41) is 3.86. The Morgan fingerprint density at radius 1 is 0.971 bits per heavy atom. The third-order valence-corrected chi connectivity index (χ3v) is 7.20. The number of nitrogens with zero attached hydrogens (tertiary/aromatic N) is 5. The summed E-state index contributed by atoms with van der Waals surface area (Å²) in [7, 11) is 3.15. The van der Waals surface area contributed by atoms with Gasteiger partial charge < -0.3 is 15.1 Å². The van der Waals surface area contributed by atoms with Crippen LogP contribution in [0.4, 0.5) is 11.5 Å². The summed E-state index contributed by atoms with van der Waals surface area (Å²) in [5.74, 6) is 0.665. The Bertz CT molecular complexity index is 1130. The first-order chi connectivity index (χ1) is 16.3. The summed E-state index contributed by atoms with van der Waals surface area (Å²) in [6, 6.07) is 9.45. The number of halogens is 1. The number of hydrogen-bond donors (Lipinski definition) is 1. The van der Waals surface area contributed by atoms with Crippen LogP contribution in [0.3, 0.4) is 0 Å². The Labute approximate surface area is 204 Å². The van der Waals surface area contributed by atoms with E-state index in [0.717, 1.165) is 48.0 Å². The number of benzene rings is 1. The first kappa shape index (κ1) is 24.3. The van der Waals surface area contributed by atoms with Crippen LogP contribution in [0.25, 0.3) is 0 Å². The smallest absolute Gasteiger partial charge is 0.332 e. The van der Waals surface area contributed by atoms with Crippen molar-refractivity contribution in [3.05, 3.63) is 56.2 Å². The van der Waals surface area contributed by atoms with Crippen molar-refractivity contribution in [2.45, 2.75) is 12.8 Å². The lowest BCUT2D eigenvalue weighted by molar-refractivity contribution is -0.125. The van der Waals surface area contributed by atoms with E-state index < -0.39 is 0 Å². The van der Waals surface area contributed by atoms with Crippen LogP contribution in [0.2, 0.25) is 5.02 Å². The number of nitrogens with one attached hydrogen (secondary N) is 1. The summed E-state index contributed by atoms with van der Waals surface area (Å²) in [5.41, 5.74) is 0.505. The van der Waals surface area contributed by atoms with Crippen LogP contribution in [0.5, 0.6) is 0 Å². The van der Waals surface area contributed by atoms with Gasteiger partial charge in [-0.3, -0.25) is 23.6 Å². The highest BCUT2D eigenvalue weighted by molar-refractivity contribution is 6.30. The maximum absolute atomic E-state index is 12.7. The molecule has 1 amide bonds. The van der Waals surface area contributed by atoms with Gasteiger partial charge in [-0.2, -0.15) is 0 Å². The van der Waals surface area contributed by atoms with Crippen LogP contribution in [-0.4, -0.2) is 72.3 Å². The monoisotopic (exact) mass is 488 g/mol. The van der Waals surface area contributed by atoms with Crippen molar-refractivity contribution in [1.29, 1.82) is 0 Å². The van der Waals surface area contributed by atoms with Crippen LogP contribution in [0, 0.1) is 5.92 Å². The van der Waals surface area contributed by atoms with Crippen LogP contribution < -0.4 is 26.4 Å². The molecule has 2 aliphatic rings. The molecule has 4 rings (SSSR count). The van der Waals surface area contributed by atoms with E-state index in [2.05, 4.69) is 21.2 Å². The minimum atomic E-state index is -0.337. The topological polar surface area (TPSA) is 82.8 Å². The molecular formula is C24H33ClN6O3. The average Bonchev–Trinajstić information content (AvgIpc) is 2.85. The highest BCUT2D eigenvalue weighted by atomic mass is 35.5. The normalized spacial score (nSPS) is 17.7. The lowest BCUT2D eigenvalue weighted by Gasteiger charge is -2.36. The van der Waals surface area contributed by atoms with Crippen LogP contribution >= 0.6 is 11.6 Å². The number of carbonyl (C=O) groups is 1. The van der Waals surface area contributed by atoms with Gasteiger partial charge in [0.15, 0.2) is 0 Å². The molecule has 10 heteroatoms. The number of piperidine rings is 1. The first-order valence-corrected chi connectivity index (χ1v) is 12.2. The fourth-order valence-corrected chi connectivity index (χ4v) is 4.96. The van der Waals surface area contributed by atoms with E-state index in [-0.39, 0.29) is 23.1 Å². The zero-order chi connectivity index (χ0) is 24.2. The van der Waals surface area contributed by atoms with Crippen molar-refractivity contribution in [3.8, 4) is 0 Å². The van der Waals surface area contributed by atoms with Gasteiger partial charge in [0.05, 0.1) is 0 Å². The number of anilines is 2. The molecule has 1 N–H and O–H groups in total. The molecule has 0 bridgehead atoms. The summed E-state index contributed by atoms with van der Waals surface area (Å²) in [6.45, 7) is 6.55.